The van der Waals surface area contributed by atoms with Gasteiger partial charge in [0.15, 0.2) is 0 Å². The van der Waals surface area contributed by atoms with E-state index in [9.17, 15) is 22.0 Å². The molecule has 0 aliphatic rings. The summed E-state index contributed by atoms with van der Waals surface area (Å²) < 4.78 is 48.4. The van der Waals surface area contributed by atoms with Crippen molar-refractivity contribution in [1.82, 2.24) is 0 Å². The van der Waals surface area contributed by atoms with E-state index >= 15 is 0 Å². The van der Waals surface area contributed by atoms with Crippen molar-refractivity contribution in [2.24, 2.45) is 5.73 Å². The molecule has 130 valence electrons. The summed E-state index contributed by atoms with van der Waals surface area (Å²) in [5, 5.41) is 5.47. The summed E-state index contributed by atoms with van der Waals surface area (Å²) in [6.45, 7) is 4.09. The molecule has 0 saturated carbocycles. The third kappa shape index (κ3) is 5.43. The second-order valence-electron chi connectivity index (χ2n) is 5.11. The molecular weight excluding hydrogens is 328 g/mol. The average molecular weight is 349 g/mol. The summed E-state index contributed by atoms with van der Waals surface area (Å²) in [6.07, 6.45) is 0.604. The number of halogens is 2. The lowest BCUT2D eigenvalue weighted by molar-refractivity contribution is -0.116. The van der Waals surface area contributed by atoms with Crippen LogP contribution in [0.2, 0.25) is 0 Å². The van der Waals surface area contributed by atoms with Crippen LogP contribution in [0.25, 0.3) is 0 Å². The number of carbonyl (C=O) groups excluding carboxylic acids is 1. The molecule has 0 spiro atoms. The summed E-state index contributed by atoms with van der Waals surface area (Å²) >= 11 is 0. The molecule has 0 aliphatic carbocycles. The smallest absolute Gasteiger partial charge is 0.341 e. The van der Waals surface area contributed by atoms with Gasteiger partial charge in [-0.3, -0.25) is 4.79 Å². The van der Waals surface area contributed by atoms with Crippen LogP contribution in [-0.4, -0.2) is 32.7 Å². The first-order valence-electron chi connectivity index (χ1n) is 7.13. The monoisotopic (exact) mass is 349 g/mol. The maximum atomic E-state index is 12.6. The molecule has 0 bridgehead atoms. The summed E-state index contributed by atoms with van der Waals surface area (Å²) in [7, 11) is -4.73. The van der Waals surface area contributed by atoms with E-state index in [0.29, 0.717) is 18.7 Å². The van der Waals surface area contributed by atoms with Gasteiger partial charge in [0.25, 0.3) is 0 Å². The fourth-order valence-electron chi connectivity index (χ4n) is 1.82. The minimum Gasteiger partial charge on any atom is -0.384 e. The predicted octanol–water partition coefficient (Wildman–Crippen LogP) is 2.18. The molecule has 1 rings (SSSR count). The largest absolute Gasteiger partial charge is 0.384 e. The second-order valence-corrected chi connectivity index (χ2v) is 7.03. The van der Waals surface area contributed by atoms with E-state index in [1.807, 2.05) is 6.92 Å². The molecule has 1 aromatic rings. The van der Waals surface area contributed by atoms with Gasteiger partial charge in [0.05, 0.1) is 16.3 Å². The molecule has 9 heteroatoms. The molecule has 4 N–H and O–H groups in total. The van der Waals surface area contributed by atoms with Gasteiger partial charge >= 0.3 is 5.76 Å². The zero-order chi connectivity index (χ0) is 17.6. The van der Waals surface area contributed by atoms with Crippen LogP contribution in [0, 0.1) is 0 Å². The highest BCUT2D eigenvalue weighted by Gasteiger charge is 2.27. The number of benzene rings is 1. The van der Waals surface area contributed by atoms with Gasteiger partial charge in [0.2, 0.25) is 15.7 Å². The van der Waals surface area contributed by atoms with Crippen molar-refractivity contribution in [3.05, 3.63) is 18.2 Å². The van der Waals surface area contributed by atoms with Crippen molar-refractivity contribution >= 4 is 27.1 Å². The van der Waals surface area contributed by atoms with Crippen molar-refractivity contribution in [1.29, 1.82) is 0 Å². The lowest BCUT2D eigenvalue weighted by atomic mass is 10.2. The molecule has 1 amide bonds. The van der Waals surface area contributed by atoms with E-state index in [1.54, 1.807) is 6.92 Å². The summed E-state index contributed by atoms with van der Waals surface area (Å²) in [6, 6.07) is 3.31. The SMILES string of the molecule is CCNc1ccc(S(=O)(=O)C(F)F)cc1NC(=O)CCC(C)N. The summed E-state index contributed by atoms with van der Waals surface area (Å²) in [5.41, 5.74) is 6.17. The highest BCUT2D eigenvalue weighted by atomic mass is 32.2. The number of anilines is 2. The Kier molecular flexibility index (Phi) is 6.89. The Morgan fingerprint density at radius 3 is 2.48 bits per heavy atom. The van der Waals surface area contributed by atoms with Crippen LogP contribution in [0.5, 0.6) is 0 Å². The molecule has 6 nitrogen and oxygen atoms in total. The molecule has 0 fully saturated rings. The van der Waals surface area contributed by atoms with Crippen LogP contribution in [0.4, 0.5) is 20.2 Å². The topological polar surface area (TPSA) is 101 Å². The quantitative estimate of drug-likeness (QED) is 0.668. The first kappa shape index (κ1) is 19.3. The number of nitrogens with one attached hydrogen (secondary N) is 2. The molecule has 23 heavy (non-hydrogen) atoms. The van der Waals surface area contributed by atoms with Crippen molar-refractivity contribution in [3.8, 4) is 0 Å². The van der Waals surface area contributed by atoms with Crippen LogP contribution in [0.1, 0.15) is 26.7 Å². The number of nitrogens with two attached hydrogens (primary N) is 1. The minimum absolute atomic E-state index is 0.142. The van der Waals surface area contributed by atoms with Crippen LogP contribution in [0.15, 0.2) is 23.1 Å². The molecule has 0 saturated heterocycles. The van der Waals surface area contributed by atoms with E-state index in [-0.39, 0.29) is 24.1 Å². The molecule has 0 aromatic heterocycles. The minimum atomic E-state index is -4.73. The maximum Gasteiger partial charge on any atom is 0.341 e. The standard InChI is InChI=1S/C14H21F2N3O3S/c1-3-18-11-6-5-10(23(21,22)14(15)16)8-12(11)19-13(20)7-4-9(2)17/h5-6,8-9,14,18H,3-4,7,17H2,1-2H3,(H,19,20). The number of amides is 1. The van der Waals surface area contributed by atoms with Gasteiger partial charge in [0.1, 0.15) is 0 Å². The van der Waals surface area contributed by atoms with Crippen molar-refractivity contribution in [3.63, 3.8) is 0 Å². The average Bonchev–Trinajstić information content (AvgIpc) is 2.46. The first-order valence-corrected chi connectivity index (χ1v) is 8.68. The number of carbonyl (C=O) groups is 1. The maximum absolute atomic E-state index is 12.6. The number of hydrogen-bond acceptors (Lipinski definition) is 5. The van der Waals surface area contributed by atoms with Crippen LogP contribution < -0.4 is 16.4 Å². The molecule has 0 aliphatic heterocycles. The third-order valence-corrected chi connectivity index (χ3v) is 4.40. The van der Waals surface area contributed by atoms with E-state index in [0.717, 1.165) is 12.1 Å². The second kappa shape index (κ2) is 8.21. The highest BCUT2D eigenvalue weighted by molar-refractivity contribution is 7.91. The Bertz CT molecular complexity index is 649. The van der Waals surface area contributed by atoms with Crippen molar-refractivity contribution in [2.75, 3.05) is 17.2 Å². The van der Waals surface area contributed by atoms with E-state index in [2.05, 4.69) is 10.6 Å². The Morgan fingerprint density at radius 2 is 1.96 bits per heavy atom. The predicted molar refractivity (Wildman–Crippen MR) is 85.3 cm³/mol. The van der Waals surface area contributed by atoms with E-state index < -0.39 is 20.5 Å². The third-order valence-electron chi connectivity index (χ3n) is 3.02. The fraction of sp³-hybridized carbons (Fsp3) is 0.500. The lowest BCUT2D eigenvalue weighted by Crippen LogP contribution is -2.20. The van der Waals surface area contributed by atoms with Gasteiger partial charge in [-0.1, -0.05) is 0 Å². The fourth-order valence-corrected chi connectivity index (χ4v) is 2.57. The highest BCUT2D eigenvalue weighted by Crippen LogP contribution is 2.28. The number of hydrogen-bond donors (Lipinski definition) is 3. The molecule has 1 unspecified atom stereocenters. The number of sulfone groups is 1. The van der Waals surface area contributed by atoms with E-state index in [4.69, 9.17) is 5.73 Å². The van der Waals surface area contributed by atoms with E-state index in [1.165, 1.54) is 6.07 Å². The Balaban J connectivity index is 3.09. The summed E-state index contributed by atoms with van der Waals surface area (Å²) in [4.78, 5) is 11.3. The van der Waals surface area contributed by atoms with Gasteiger partial charge in [-0.15, -0.1) is 0 Å². The molecule has 1 atom stereocenters. The van der Waals surface area contributed by atoms with Gasteiger partial charge in [0, 0.05) is 19.0 Å². The normalized spacial score (nSPS) is 13.0. The van der Waals surface area contributed by atoms with Crippen LogP contribution in [-0.2, 0) is 14.6 Å². The Labute approximate surface area is 134 Å². The Hall–Kier alpha value is -1.74. The van der Waals surface area contributed by atoms with Gasteiger partial charge in [-0.2, -0.15) is 8.78 Å². The molecule has 0 radical (unpaired) electrons. The molecule has 0 heterocycles. The molecular formula is C14H21F2N3O3S. The van der Waals surface area contributed by atoms with Gasteiger partial charge in [-0.25, -0.2) is 8.42 Å². The van der Waals surface area contributed by atoms with Crippen LogP contribution >= 0.6 is 0 Å². The van der Waals surface area contributed by atoms with Crippen molar-refractivity contribution < 1.29 is 22.0 Å². The van der Waals surface area contributed by atoms with Gasteiger partial charge < -0.3 is 16.4 Å². The number of rotatable bonds is 8. The van der Waals surface area contributed by atoms with Gasteiger partial charge in [-0.05, 0) is 38.5 Å². The zero-order valence-electron chi connectivity index (χ0n) is 13.0. The molecule has 1 aromatic carbocycles. The van der Waals surface area contributed by atoms with Crippen molar-refractivity contribution in [2.45, 2.75) is 43.4 Å². The lowest BCUT2D eigenvalue weighted by Gasteiger charge is -2.14. The van der Waals surface area contributed by atoms with Crippen LogP contribution in [0.3, 0.4) is 0 Å². The zero-order valence-corrected chi connectivity index (χ0v) is 13.8. The number of alkyl halides is 2. The Morgan fingerprint density at radius 1 is 1.30 bits per heavy atom. The summed E-state index contributed by atoms with van der Waals surface area (Å²) in [5.74, 6) is -3.89. The first-order chi connectivity index (χ1) is 10.7.